The predicted octanol–water partition coefficient (Wildman–Crippen LogP) is 3.04. The number of rotatable bonds is 7. The van der Waals surface area contributed by atoms with Crippen molar-refractivity contribution in [3.63, 3.8) is 0 Å². The summed E-state index contributed by atoms with van der Waals surface area (Å²) in [7, 11) is -3.46. The van der Waals surface area contributed by atoms with Crippen LogP contribution >= 0.6 is 39.7 Å². The Morgan fingerprint density at radius 2 is 2.16 bits per heavy atom. The molecule has 0 spiro atoms. The Kier molecular flexibility index (Phi) is 8.74. The van der Waals surface area contributed by atoms with Gasteiger partial charge in [-0.3, -0.25) is 0 Å². The van der Waals surface area contributed by atoms with Crippen LogP contribution in [0, 0.1) is 6.92 Å². The predicted molar refractivity (Wildman–Crippen MR) is 86.7 cm³/mol. The molecule has 0 radical (unpaired) electrons. The first kappa shape index (κ1) is 19.3. The maximum Gasteiger partial charge on any atom is 0.241 e. The Bertz CT molecular complexity index is 491. The van der Waals surface area contributed by atoms with Crippen LogP contribution < -0.4 is 10.5 Å². The third-order valence-corrected chi connectivity index (χ3v) is 5.97. The van der Waals surface area contributed by atoms with E-state index in [-0.39, 0.29) is 18.4 Å². The molecule has 1 rings (SSSR count). The summed E-state index contributed by atoms with van der Waals surface area (Å²) in [4.78, 5) is 1.12. The lowest BCUT2D eigenvalue weighted by molar-refractivity contribution is 0.516. The van der Waals surface area contributed by atoms with Gasteiger partial charge in [-0.15, -0.1) is 23.7 Å². The van der Waals surface area contributed by atoms with Gasteiger partial charge in [-0.25, -0.2) is 13.1 Å². The highest BCUT2D eigenvalue weighted by Crippen LogP contribution is 2.29. The fourth-order valence-electron chi connectivity index (χ4n) is 1.66. The average molecular weight is 392 g/mol. The van der Waals surface area contributed by atoms with Crippen LogP contribution in [-0.4, -0.2) is 21.0 Å². The van der Waals surface area contributed by atoms with Crippen LogP contribution in [0.3, 0.4) is 0 Å². The third kappa shape index (κ3) is 5.69. The Hall–Kier alpha value is 0.340. The molecule has 1 unspecified atom stereocenters. The van der Waals surface area contributed by atoms with Gasteiger partial charge >= 0.3 is 0 Å². The van der Waals surface area contributed by atoms with E-state index in [1.165, 1.54) is 11.3 Å². The van der Waals surface area contributed by atoms with Crippen LogP contribution in [0.1, 0.15) is 31.1 Å². The molecule has 0 saturated carbocycles. The SMILES string of the molecule is CCCCC(CN)NS(=O)(=O)c1cc(Br)sc1C.Cl. The zero-order valence-corrected chi connectivity index (χ0v) is 15.0. The third-order valence-electron chi connectivity index (χ3n) is 2.64. The molecule has 1 aromatic heterocycles. The second kappa shape index (κ2) is 8.59. The second-order valence-electron chi connectivity index (χ2n) is 4.17. The van der Waals surface area contributed by atoms with E-state index in [0.717, 1.165) is 27.9 Å². The van der Waals surface area contributed by atoms with E-state index >= 15 is 0 Å². The summed E-state index contributed by atoms with van der Waals surface area (Å²) in [5, 5.41) is 0. The molecule has 0 bridgehead atoms. The highest BCUT2D eigenvalue weighted by atomic mass is 79.9. The topological polar surface area (TPSA) is 72.2 Å². The van der Waals surface area contributed by atoms with Gasteiger partial charge in [-0.1, -0.05) is 19.8 Å². The van der Waals surface area contributed by atoms with Crippen LogP contribution in [0.15, 0.2) is 14.7 Å². The van der Waals surface area contributed by atoms with Gasteiger partial charge in [-0.2, -0.15) is 0 Å². The lowest BCUT2D eigenvalue weighted by Gasteiger charge is -2.16. The second-order valence-corrected chi connectivity index (χ2v) is 8.49. The summed E-state index contributed by atoms with van der Waals surface area (Å²) in [6, 6.07) is 1.45. The minimum atomic E-state index is -3.46. The van der Waals surface area contributed by atoms with Crippen LogP contribution in [0.5, 0.6) is 0 Å². The van der Waals surface area contributed by atoms with E-state index in [0.29, 0.717) is 11.4 Å². The molecule has 1 heterocycles. The Morgan fingerprint density at radius 3 is 2.58 bits per heavy atom. The zero-order valence-electron chi connectivity index (χ0n) is 11.0. The number of hydrogen-bond acceptors (Lipinski definition) is 4. The van der Waals surface area contributed by atoms with Crippen molar-refractivity contribution in [3.05, 3.63) is 14.7 Å². The maximum atomic E-state index is 12.2. The number of hydrogen-bond donors (Lipinski definition) is 2. The van der Waals surface area contributed by atoms with E-state index in [9.17, 15) is 8.42 Å². The summed E-state index contributed by atoms with van der Waals surface area (Å²) in [6.45, 7) is 4.19. The molecular formula is C11H20BrClN2O2S2. The number of sulfonamides is 1. The molecule has 0 aliphatic carbocycles. The van der Waals surface area contributed by atoms with Gasteiger partial charge in [-0.05, 0) is 35.3 Å². The van der Waals surface area contributed by atoms with Gasteiger partial charge in [0.25, 0.3) is 0 Å². The molecule has 0 saturated heterocycles. The number of nitrogens with two attached hydrogens (primary N) is 1. The quantitative estimate of drug-likeness (QED) is 0.750. The van der Waals surface area contributed by atoms with Crippen molar-refractivity contribution in [2.45, 2.75) is 44.0 Å². The Morgan fingerprint density at radius 1 is 1.53 bits per heavy atom. The first-order chi connectivity index (χ1) is 8.40. The average Bonchev–Trinajstić information content (AvgIpc) is 2.64. The Balaban J connectivity index is 0.00000324. The van der Waals surface area contributed by atoms with Crippen molar-refractivity contribution >= 4 is 49.7 Å². The molecule has 1 aromatic rings. The molecular weight excluding hydrogens is 372 g/mol. The first-order valence-electron chi connectivity index (χ1n) is 5.89. The van der Waals surface area contributed by atoms with E-state index in [4.69, 9.17) is 5.73 Å². The first-order valence-corrected chi connectivity index (χ1v) is 8.98. The molecule has 0 amide bonds. The van der Waals surface area contributed by atoms with Gasteiger partial charge < -0.3 is 5.73 Å². The van der Waals surface area contributed by atoms with Crippen LogP contribution in [0.25, 0.3) is 0 Å². The van der Waals surface area contributed by atoms with Crippen molar-refractivity contribution < 1.29 is 8.42 Å². The van der Waals surface area contributed by atoms with Crippen molar-refractivity contribution in [1.29, 1.82) is 0 Å². The maximum absolute atomic E-state index is 12.2. The largest absolute Gasteiger partial charge is 0.329 e. The summed E-state index contributed by atoms with van der Waals surface area (Å²) in [5.74, 6) is 0. The number of aryl methyl sites for hydroxylation is 1. The number of halogens is 2. The van der Waals surface area contributed by atoms with Crippen LogP contribution in [-0.2, 0) is 10.0 Å². The fourth-order valence-corrected chi connectivity index (χ4v) is 5.35. The minimum Gasteiger partial charge on any atom is -0.329 e. The van der Waals surface area contributed by atoms with Gasteiger partial charge in [0.1, 0.15) is 0 Å². The van der Waals surface area contributed by atoms with Gasteiger partial charge in [0, 0.05) is 17.5 Å². The summed E-state index contributed by atoms with van der Waals surface area (Å²) in [6.07, 6.45) is 2.77. The van der Waals surface area contributed by atoms with E-state index in [2.05, 4.69) is 27.6 Å². The van der Waals surface area contributed by atoms with E-state index in [1.54, 1.807) is 13.0 Å². The van der Waals surface area contributed by atoms with Crippen molar-refractivity contribution in [3.8, 4) is 0 Å². The smallest absolute Gasteiger partial charge is 0.241 e. The standard InChI is InChI=1S/C11H19BrN2O2S2.ClH/c1-3-4-5-9(7-13)14-18(15,16)10-6-11(12)17-8(10)2;/h6,9,14H,3-5,7,13H2,1-2H3;1H. The van der Waals surface area contributed by atoms with Crippen molar-refractivity contribution in [2.24, 2.45) is 5.73 Å². The zero-order chi connectivity index (χ0) is 13.8. The van der Waals surface area contributed by atoms with Crippen LogP contribution in [0.4, 0.5) is 0 Å². The molecule has 112 valence electrons. The molecule has 0 aliphatic rings. The summed E-state index contributed by atoms with van der Waals surface area (Å²) < 4.78 is 27.9. The number of nitrogens with one attached hydrogen (secondary N) is 1. The fraction of sp³-hybridized carbons (Fsp3) is 0.636. The highest BCUT2D eigenvalue weighted by molar-refractivity contribution is 9.11. The summed E-state index contributed by atoms with van der Waals surface area (Å²) >= 11 is 4.72. The molecule has 3 N–H and O–H groups in total. The molecule has 4 nitrogen and oxygen atoms in total. The number of thiophene rings is 1. The highest BCUT2D eigenvalue weighted by Gasteiger charge is 2.22. The monoisotopic (exact) mass is 390 g/mol. The lowest BCUT2D eigenvalue weighted by atomic mass is 10.1. The lowest BCUT2D eigenvalue weighted by Crippen LogP contribution is -2.40. The van der Waals surface area contributed by atoms with Gasteiger partial charge in [0.2, 0.25) is 10.0 Å². The Labute approximate surface area is 133 Å². The molecule has 19 heavy (non-hydrogen) atoms. The van der Waals surface area contributed by atoms with Gasteiger partial charge in [0.05, 0.1) is 8.68 Å². The normalized spacial score (nSPS) is 13.1. The van der Waals surface area contributed by atoms with Crippen molar-refractivity contribution in [2.75, 3.05) is 6.54 Å². The van der Waals surface area contributed by atoms with E-state index < -0.39 is 10.0 Å². The van der Waals surface area contributed by atoms with Gasteiger partial charge in [0.15, 0.2) is 0 Å². The van der Waals surface area contributed by atoms with Crippen LogP contribution in [0.2, 0.25) is 0 Å². The molecule has 1 atom stereocenters. The molecule has 0 fully saturated rings. The van der Waals surface area contributed by atoms with E-state index in [1.807, 2.05) is 0 Å². The number of unbranched alkanes of at least 4 members (excludes halogenated alkanes) is 1. The molecule has 8 heteroatoms. The summed E-state index contributed by atoms with van der Waals surface area (Å²) in [5.41, 5.74) is 5.61. The molecule has 0 aromatic carbocycles. The molecule has 0 aliphatic heterocycles. The van der Waals surface area contributed by atoms with Crippen molar-refractivity contribution in [1.82, 2.24) is 4.72 Å². The minimum absolute atomic E-state index is 0.